The third kappa shape index (κ3) is 3.99. The van der Waals surface area contributed by atoms with Gasteiger partial charge in [0.15, 0.2) is 0 Å². The van der Waals surface area contributed by atoms with Gasteiger partial charge in [-0.2, -0.15) is 0 Å². The first-order chi connectivity index (χ1) is 25.8. The van der Waals surface area contributed by atoms with Gasteiger partial charge in [0, 0.05) is 10.8 Å². The zero-order chi connectivity index (χ0) is 34.2. The molecule has 0 amide bonds. The Hall–Kier alpha value is -6.70. The van der Waals surface area contributed by atoms with Gasteiger partial charge in [-0.3, -0.25) is 0 Å². The Balaban J connectivity index is 1.12. The molecule has 52 heavy (non-hydrogen) atoms. The van der Waals surface area contributed by atoms with Gasteiger partial charge in [-0.05, 0) is 95.4 Å². The molecule has 1 heteroatoms. The highest BCUT2D eigenvalue weighted by molar-refractivity contribution is 6.21. The first-order valence-electron chi connectivity index (χ1n) is 18.0. The number of rotatable bonds is 5. The standard InChI is InChI=1S/C51H32O/c1-4-15-34(16-5-1)47-39-21-10-12-23-41(39)48(42-24-13-11-22-40(42)47)35-29-27-33(28-30-35)36-31-44-50-46(32-36)52-45-26-14-25-43(49(45)50)51(44,37-17-6-2-7-18-37)38-19-8-3-9-20-38/h1-32H. The topological polar surface area (TPSA) is 13.1 Å². The molecule has 0 saturated heterocycles. The predicted octanol–water partition coefficient (Wildman–Crippen LogP) is 13.6. The summed E-state index contributed by atoms with van der Waals surface area (Å²) < 4.78 is 6.64. The molecule has 0 saturated carbocycles. The summed E-state index contributed by atoms with van der Waals surface area (Å²) in [6.45, 7) is 0. The molecule has 0 bridgehead atoms. The van der Waals surface area contributed by atoms with Crippen molar-refractivity contribution < 1.29 is 4.42 Å². The molecule has 0 atom stereocenters. The molecule has 0 fully saturated rings. The van der Waals surface area contributed by atoms with E-state index in [1.807, 2.05) is 0 Å². The van der Waals surface area contributed by atoms with Crippen molar-refractivity contribution >= 4 is 43.5 Å². The predicted molar refractivity (Wildman–Crippen MR) is 217 cm³/mol. The van der Waals surface area contributed by atoms with E-state index in [1.165, 1.54) is 76.8 Å². The minimum atomic E-state index is -0.462. The van der Waals surface area contributed by atoms with Crippen LogP contribution in [0.15, 0.2) is 199 Å². The fourth-order valence-corrected chi connectivity index (χ4v) is 9.22. The third-order valence-corrected chi connectivity index (χ3v) is 11.3. The second-order valence-electron chi connectivity index (χ2n) is 13.9. The van der Waals surface area contributed by atoms with E-state index < -0.39 is 5.41 Å². The van der Waals surface area contributed by atoms with Gasteiger partial charge in [-0.1, -0.05) is 176 Å². The van der Waals surface area contributed by atoms with Gasteiger partial charge in [0.1, 0.15) is 11.2 Å². The lowest BCUT2D eigenvalue weighted by Crippen LogP contribution is -2.28. The number of benzene rings is 9. The highest BCUT2D eigenvalue weighted by Gasteiger charge is 2.46. The molecule has 1 heterocycles. The second-order valence-corrected chi connectivity index (χ2v) is 13.9. The minimum absolute atomic E-state index is 0.462. The molecule has 1 nitrogen and oxygen atoms in total. The largest absolute Gasteiger partial charge is 0.456 e. The molecule has 1 aromatic heterocycles. The van der Waals surface area contributed by atoms with Crippen LogP contribution in [-0.2, 0) is 5.41 Å². The van der Waals surface area contributed by atoms with Gasteiger partial charge in [-0.25, -0.2) is 0 Å². The van der Waals surface area contributed by atoms with Crippen LogP contribution in [0.2, 0.25) is 0 Å². The van der Waals surface area contributed by atoms with Gasteiger partial charge in [0.25, 0.3) is 0 Å². The summed E-state index contributed by atoms with van der Waals surface area (Å²) in [6.07, 6.45) is 0. The van der Waals surface area contributed by atoms with Crippen LogP contribution in [-0.4, -0.2) is 0 Å². The Bertz CT molecular complexity index is 2880. The van der Waals surface area contributed by atoms with Gasteiger partial charge in [0.05, 0.1) is 5.41 Å². The van der Waals surface area contributed by atoms with Crippen LogP contribution in [0, 0.1) is 0 Å². The highest BCUT2D eigenvalue weighted by Crippen LogP contribution is 2.57. The van der Waals surface area contributed by atoms with E-state index in [2.05, 4.69) is 194 Å². The minimum Gasteiger partial charge on any atom is -0.456 e. The molecule has 0 N–H and O–H groups in total. The lowest BCUT2D eigenvalue weighted by atomic mass is 9.67. The number of hydrogen-bond donors (Lipinski definition) is 0. The maximum absolute atomic E-state index is 6.64. The van der Waals surface area contributed by atoms with E-state index in [0.29, 0.717) is 0 Å². The molecule has 1 aliphatic carbocycles. The smallest absolute Gasteiger partial charge is 0.136 e. The van der Waals surface area contributed by atoms with E-state index in [-0.39, 0.29) is 0 Å². The van der Waals surface area contributed by atoms with Gasteiger partial charge >= 0.3 is 0 Å². The molecular formula is C51H32O. The lowest BCUT2D eigenvalue weighted by molar-refractivity contribution is 0.664. The number of hydrogen-bond acceptors (Lipinski definition) is 1. The van der Waals surface area contributed by atoms with Gasteiger partial charge in [-0.15, -0.1) is 0 Å². The van der Waals surface area contributed by atoms with Gasteiger partial charge < -0.3 is 4.42 Å². The van der Waals surface area contributed by atoms with E-state index in [4.69, 9.17) is 4.42 Å². The van der Waals surface area contributed by atoms with Crippen molar-refractivity contribution in [2.75, 3.05) is 0 Å². The summed E-state index contributed by atoms with van der Waals surface area (Å²) >= 11 is 0. The normalized spacial score (nSPS) is 13.2. The van der Waals surface area contributed by atoms with Crippen LogP contribution < -0.4 is 0 Å². The lowest BCUT2D eigenvalue weighted by Gasteiger charge is -2.34. The third-order valence-electron chi connectivity index (χ3n) is 11.3. The number of furan rings is 1. The maximum atomic E-state index is 6.64. The summed E-state index contributed by atoms with van der Waals surface area (Å²) in [5, 5.41) is 7.49. The molecule has 9 aromatic carbocycles. The molecule has 0 unspecified atom stereocenters. The molecule has 0 spiro atoms. The summed E-state index contributed by atoms with van der Waals surface area (Å²) in [5.41, 5.74) is 13.8. The maximum Gasteiger partial charge on any atom is 0.136 e. The van der Waals surface area contributed by atoms with Crippen molar-refractivity contribution in [3.05, 3.63) is 216 Å². The molecule has 0 radical (unpaired) electrons. The number of fused-ring (bicyclic) bond motifs is 2. The average molecular weight is 661 g/mol. The first-order valence-corrected chi connectivity index (χ1v) is 18.0. The average Bonchev–Trinajstić information content (AvgIpc) is 3.75. The van der Waals surface area contributed by atoms with Crippen molar-refractivity contribution in [1.82, 2.24) is 0 Å². The zero-order valence-corrected chi connectivity index (χ0v) is 28.4. The van der Waals surface area contributed by atoms with Crippen molar-refractivity contribution in [2.45, 2.75) is 5.41 Å². The van der Waals surface area contributed by atoms with Crippen LogP contribution >= 0.6 is 0 Å². The zero-order valence-electron chi connectivity index (χ0n) is 28.4. The monoisotopic (exact) mass is 660 g/mol. The summed E-state index contributed by atoms with van der Waals surface area (Å²) in [5.74, 6) is 0. The summed E-state index contributed by atoms with van der Waals surface area (Å²) in [6, 6.07) is 70.8. The first kappa shape index (κ1) is 29.1. The van der Waals surface area contributed by atoms with Crippen molar-refractivity contribution in [2.24, 2.45) is 0 Å². The van der Waals surface area contributed by atoms with E-state index in [1.54, 1.807) is 0 Å². The van der Waals surface area contributed by atoms with Crippen LogP contribution in [0.25, 0.3) is 76.9 Å². The van der Waals surface area contributed by atoms with E-state index >= 15 is 0 Å². The van der Waals surface area contributed by atoms with Gasteiger partial charge in [0.2, 0.25) is 0 Å². The molecule has 1 aliphatic rings. The molecule has 10 aromatic rings. The molecule has 11 rings (SSSR count). The van der Waals surface area contributed by atoms with Crippen molar-refractivity contribution in [3.63, 3.8) is 0 Å². The van der Waals surface area contributed by atoms with Crippen LogP contribution in [0.1, 0.15) is 22.3 Å². The Labute approximate surface area is 302 Å². The fraction of sp³-hybridized carbons (Fsp3) is 0.0196. The molecule has 242 valence electrons. The van der Waals surface area contributed by atoms with E-state index in [9.17, 15) is 0 Å². The quantitative estimate of drug-likeness (QED) is 0.167. The molecular weight excluding hydrogens is 629 g/mol. The Morgan fingerprint density at radius 1 is 0.308 bits per heavy atom. The van der Waals surface area contributed by atoms with Crippen LogP contribution in [0.5, 0.6) is 0 Å². The fourth-order valence-electron chi connectivity index (χ4n) is 9.22. The second kappa shape index (κ2) is 11.2. The highest BCUT2D eigenvalue weighted by atomic mass is 16.3. The Morgan fingerprint density at radius 2 is 0.769 bits per heavy atom. The molecule has 0 aliphatic heterocycles. The van der Waals surface area contributed by atoms with E-state index in [0.717, 1.165) is 22.3 Å². The SMILES string of the molecule is c1ccc(-c2c3ccccc3c(-c3ccc(-c4cc5c6c(c4)oc4cccc(c46)C5(c4ccccc4)c4ccccc4)cc3)c3ccccc23)cc1. The van der Waals surface area contributed by atoms with Crippen LogP contribution in [0.3, 0.4) is 0 Å². The summed E-state index contributed by atoms with van der Waals surface area (Å²) in [7, 11) is 0. The van der Waals surface area contributed by atoms with Crippen molar-refractivity contribution in [1.29, 1.82) is 0 Å². The van der Waals surface area contributed by atoms with Crippen molar-refractivity contribution in [3.8, 4) is 33.4 Å². The van der Waals surface area contributed by atoms with Crippen LogP contribution in [0.4, 0.5) is 0 Å². The summed E-state index contributed by atoms with van der Waals surface area (Å²) in [4.78, 5) is 0. The Kier molecular flexibility index (Phi) is 6.23. The Morgan fingerprint density at radius 3 is 1.33 bits per heavy atom.